The number of nitrogens with zero attached hydrogens (tertiary/aromatic N) is 1. The highest BCUT2D eigenvalue weighted by atomic mass is 19.4. The van der Waals surface area contributed by atoms with E-state index in [9.17, 15) is 13.2 Å². The summed E-state index contributed by atoms with van der Waals surface area (Å²) >= 11 is 0. The molecule has 1 fully saturated rings. The monoisotopic (exact) mass is 274 g/mol. The summed E-state index contributed by atoms with van der Waals surface area (Å²) in [6, 6.07) is 6.51. The minimum atomic E-state index is -4.63. The normalized spacial score (nSPS) is 21.4. The van der Waals surface area contributed by atoms with E-state index in [1.165, 1.54) is 12.1 Å². The van der Waals surface area contributed by atoms with E-state index in [1.54, 1.807) is 12.1 Å². The lowest BCUT2D eigenvalue weighted by molar-refractivity contribution is -0.274. The molecule has 0 unspecified atom stereocenters. The van der Waals surface area contributed by atoms with Gasteiger partial charge in [0, 0.05) is 32.2 Å². The van der Waals surface area contributed by atoms with Crippen LogP contribution in [0, 0.1) is 0 Å². The molecule has 19 heavy (non-hydrogen) atoms. The molecule has 0 radical (unpaired) electrons. The van der Waals surface area contributed by atoms with Gasteiger partial charge in [-0.05, 0) is 24.6 Å². The lowest BCUT2D eigenvalue weighted by Gasteiger charge is -2.31. The van der Waals surface area contributed by atoms with E-state index in [4.69, 9.17) is 0 Å². The Labute approximate surface area is 110 Å². The summed E-state index contributed by atoms with van der Waals surface area (Å²) in [7, 11) is 0. The summed E-state index contributed by atoms with van der Waals surface area (Å²) in [4.78, 5) is 2.28. The number of rotatable bonds is 3. The lowest BCUT2D eigenvalue weighted by atomic mass is 10.1. The Kier molecular flexibility index (Phi) is 4.31. The number of halogens is 3. The van der Waals surface area contributed by atoms with E-state index in [1.807, 2.05) is 0 Å². The molecule has 1 aliphatic heterocycles. The number of ether oxygens (including phenoxy) is 1. The van der Waals surface area contributed by atoms with Crippen LogP contribution < -0.4 is 10.1 Å². The topological polar surface area (TPSA) is 24.5 Å². The van der Waals surface area contributed by atoms with Crippen molar-refractivity contribution in [2.75, 3.05) is 19.6 Å². The SMILES string of the molecule is C[C@H]1CN(Cc2ccc(OC(F)(F)F)cc2)CCN1. The lowest BCUT2D eigenvalue weighted by Crippen LogP contribution is -2.48. The maximum absolute atomic E-state index is 12.0. The van der Waals surface area contributed by atoms with Crippen LogP contribution in [0.5, 0.6) is 5.75 Å². The molecule has 0 spiro atoms. The second-order valence-corrected chi connectivity index (χ2v) is 4.78. The van der Waals surface area contributed by atoms with E-state index in [0.717, 1.165) is 31.7 Å². The van der Waals surface area contributed by atoms with Gasteiger partial charge in [0.15, 0.2) is 0 Å². The first-order chi connectivity index (χ1) is 8.92. The first-order valence-corrected chi connectivity index (χ1v) is 6.23. The molecule has 1 heterocycles. The van der Waals surface area contributed by atoms with E-state index in [-0.39, 0.29) is 5.75 Å². The Morgan fingerprint density at radius 2 is 2.00 bits per heavy atom. The highest BCUT2D eigenvalue weighted by Crippen LogP contribution is 2.23. The number of piperazine rings is 1. The molecule has 0 saturated carbocycles. The second-order valence-electron chi connectivity index (χ2n) is 4.78. The molecule has 1 aromatic carbocycles. The predicted molar refractivity (Wildman–Crippen MR) is 65.9 cm³/mol. The minimum absolute atomic E-state index is 0.176. The van der Waals surface area contributed by atoms with Crippen LogP contribution in [0.25, 0.3) is 0 Å². The highest BCUT2D eigenvalue weighted by molar-refractivity contribution is 5.27. The van der Waals surface area contributed by atoms with E-state index in [0.29, 0.717) is 6.04 Å². The Balaban J connectivity index is 1.91. The summed E-state index contributed by atoms with van der Waals surface area (Å²) < 4.78 is 39.9. The van der Waals surface area contributed by atoms with E-state index >= 15 is 0 Å². The Bertz CT molecular complexity index is 405. The minimum Gasteiger partial charge on any atom is -0.406 e. The van der Waals surface area contributed by atoms with Gasteiger partial charge in [-0.2, -0.15) is 0 Å². The molecule has 0 amide bonds. The van der Waals surface area contributed by atoms with Crippen LogP contribution in [-0.2, 0) is 6.54 Å². The van der Waals surface area contributed by atoms with Crippen LogP contribution in [0.1, 0.15) is 12.5 Å². The fraction of sp³-hybridized carbons (Fsp3) is 0.538. The first-order valence-electron chi connectivity index (χ1n) is 6.23. The number of hydrogen-bond donors (Lipinski definition) is 1. The third-order valence-electron chi connectivity index (χ3n) is 3.02. The van der Waals surface area contributed by atoms with Crippen molar-refractivity contribution in [2.45, 2.75) is 25.9 Å². The van der Waals surface area contributed by atoms with E-state index < -0.39 is 6.36 Å². The molecule has 1 aromatic rings. The Morgan fingerprint density at radius 3 is 2.58 bits per heavy atom. The van der Waals surface area contributed by atoms with Gasteiger partial charge in [0.25, 0.3) is 0 Å². The third kappa shape index (κ3) is 4.72. The van der Waals surface area contributed by atoms with Gasteiger partial charge in [-0.25, -0.2) is 0 Å². The Morgan fingerprint density at radius 1 is 1.32 bits per heavy atom. The zero-order valence-electron chi connectivity index (χ0n) is 10.7. The zero-order valence-corrected chi connectivity index (χ0v) is 10.7. The van der Waals surface area contributed by atoms with Gasteiger partial charge < -0.3 is 10.1 Å². The molecular formula is C13H17F3N2O. The molecule has 1 atom stereocenters. The van der Waals surface area contributed by atoms with E-state index in [2.05, 4.69) is 21.9 Å². The van der Waals surface area contributed by atoms with Crippen molar-refractivity contribution in [3.63, 3.8) is 0 Å². The summed E-state index contributed by atoms with van der Waals surface area (Å²) in [5, 5.41) is 3.35. The molecule has 0 bridgehead atoms. The molecule has 1 N–H and O–H groups in total. The van der Waals surface area contributed by atoms with Gasteiger partial charge >= 0.3 is 6.36 Å². The van der Waals surface area contributed by atoms with Crippen LogP contribution in [0.3, 0.4) is 0 Å². The quantitative estimate of drug-likeness (QED) is 0.916. The summed E-state index contributed by atoms with van der Waals surface area (Å²) in [5.74, 6) is -0.176. The van der Waals surface area contributed by atoms with Crippen LogP contribution >= 0.6 is 0 Å². The van der Waals surface area contributed by atoms with Gasteiger partial charge in [-0.15, -0.1) is 13.2 Å². The van der Waals surface area contributed by atoms with Crippen molar-refractivity contribution in [3.8, 4) is 5.75 Å². The highest BCUT2D eigenvalue weighted by Gasteiger charge is 2.30. The second kappa shape index (κ2) is 5.79. The van der Waals surface area contributed by atoms with Crippen molar-refractivity contribution < 1.29 is 17.9 Å². The Hall–Kier alpha value is -1.27. The standard InChI is InChI=1S/C13H17F3N2O/c1-10-8-18(7-6-17-10)9-11-2-4-12(5-3-11)19-13(14,15)16/h2-5,10,17H,6-9H2,1H3/t10-/m0/s1. The van der Waals surface area contributed by atoms with Gasteiger partial charge in [-0.1, -0.05) is 12.1 Å². The maximum Gasteiger partial charge on any atom is 0.573 e. The molecular weight excluding hydrogens is 257 g/mol. The average Bonchev–Trinajstić information content (AvgIpc) is 2.30. The largest absolute Gasteiger partial charge is 0.573 e. The fourth-order valence-electron chi connectivity index (χ4n) is 2.21. The van der Waals surface area contributed by atoms with Crippen LogP contribution in [-0.4, -0.2) is 36.9 Å². The molecule has 1 saturated heterocycles. The molecule has 6 heteroatoms. The molecule has 106 valence electrons. The predicted octanol–water partition coefficient (Wildman–Crippen LogP) is 2.38. The molecule has 3 nitrogen and oxygen atoms in total. The molecule has 1 aliphatic rings. The maximum atomic E-state index is 12.0. The van der Waals surface area contributed by atoms with Gasteiger partial charge in [-0.3, -0.25) is 4.90 Å². The summed E-state index contributed by atoms with van der Waals surface area (Å²) in [5.41, 5.74) is 0.989. The molecule has 0 aliphatic carbocycles. The van der Waals surface area contributed by atoms with Gasteiger partial charge in [0.2, 0.25) is 0 Å². The smallest absolute Gasteiger partial charge is 0.406 e. The number of hydrogen-bond acceptors (Lipinski definition) is 3. The van der Waals surface area contributed by atoms with Crippen LogP contribution in [0.2, 0.25) is 0 Å². The molecule has 0 aromatic heterocycles. The molecule has 2 rings (SSSR count). The number of nitrogens with one attached hydrogen (secondary N) is 1. The van der Waals surface area contributed by atoms with Gasteiger partial charge in [0.1, 0.15) is 5.75 Å². The summed E-state index contributed by atoms with van der Waals surface area (Å²) in [6.45, 7) is 5.70. The van der Waals surface area contributed by atoms with Crippen molar-refractivity contribution in [1.82, 2.24) is 10.2 Å². The van der Waals surface area contributed by atoms with Crippen LogP contribution in [0.4, 0.5) is 13.2 Å². The first kappa shape index (κ1) is 14.1. The van der Waals surface area contributed by atoms with Crippen molar-refractivity contribution in [2.24, 2.45) is 0 Å². The third-order valence-corrected chi connectivity index (χ3v) is 3.02. The average molecular weight is 274 g/mol. The van der Waals surface area contributed by atoms with Gasteiger partial charge in [0.05, 0.1) is 0 Å². The zero-order chi connectivity index (χ0) is 13.9. The van der Waals surface area contributed by atoms with Crippen molar-refractivity contribution >= 4 is 0 Å². The van der Waals surface area contributed by atoms with Crippen molar-refractivity contribution in [1.29, 1.82) is 0 Å². The number of benzene rings is 1. The van der Waals surface area contributed by atoms with Crippen molar-refractivity contribution in [3.05, 3.63) is 29.8 Å². The summed E-state index contributed by atoms with van der Waals surface area (Å²) in [6.07, 6.45) is -4.63. The fourth-order valence-corrected chi connectivity index (χ4v) is 2.21. The van der Waals surface area contributed by atoms with Crippen LogP contribution in [0.15, 0.2) is 24.3 Å². The number of alkyl halides is 3.